The maximum Gasteiger partial charge on any atom is 0.209 e. The Morgan fingerprint density at radius 2 is 2.15 bits per heavy atom. The van der Waals surface area contributed by atoms with Crippen LogP contribution >= 0.6 is 11.6 Å². The third kappa shape index (κ3) is 2.93. The van der Waals surface area contributed by atoms with Gasteiger partial charge in [0, 0.05) is 11.4 Å². The van der Waals surface area contributed by atoms with E-state index >= 15 is 0 Å². The van der Waals surface area contributed by atoms with Crippen LogP contribution in [0.4, 0.5) is 0 Å². The lowest BCUT2D eigenvalue weighted by Crippen LogP contribution is -1.99. The second-order valence-corrected chi connectivity index (χ2v) is 2.97. The van der Waals surface area contributed by atoms with Gasteiger partial charge in [-0.1, -0.05) is 35.7 Å². The van der Waals surface area contributed by atoms with E-state index in [0.29, 0.717) is 11.4 Å². The van der Waals surface area contributed by atoms with Gasteiger partial charge in [0.05, 0.1) is 0 Å². The highest BCUT2D eigenvalue weighted by atomic mass is 35.5. The molecule has 0 bridgehead atoms. The highest BCUT2D eigenvalue weighted by Crippen LogP contribution is 2.15. The van der Waals surface area contributed by atoms with Gasteiger partial charge < -0.3 is 0 Å². The fraction of sp³-hybridized carbons (Fsp3) is 0.182. The van der Waals surface area contributed by atoms with Crippen molar-refractivity contribution < 1.29 is 4.79 Å². The van der Waals surface area contributed by atoms with Gasteiger partial charge in [0.2, 0.25) is 5.78 Å². The van der Waals surface area contributed by atoms with Crippen molar-refractivity contribution >= 4 is 17.4 Å². The molecule has 0 aliphatic heterocycles. The Hall–Kier alpha value is -1.26. The maximum absolute atomic E-state index is 11.1. The summed E-state index contributed by atoms with van der Waals surface area (Å²) in [6, 6.07) is 7.29. The first-order chi connectivity index (χ1) is 6.24. The smallest absolute Gasteiger partial charge is 0.209 e. The molecule has 0 amide bonds. The summed E-state index contributed by atoms with van der Waals surface area (Å²) < 4.78 is 0. The molecule has 0 radical (unpaired) electrons. The molecule has 0 heterocycles. The van der Waals surface area contributed by atoms with Gasteiger partial charge in [0.1, 0.15) is 0 Å². The first kappa shape index (κ1) is 9.83. The molecule has 0 aliphatic rings. The van der Waals surface area contributed by atoms with Gasteiger partial charge in [-0.15, -0.1) is 0 Å². The fourth-order valence-corrected chi connectivity index (χ4v) is 1.20. The van der Waals surface area contributed by atoms with Crippen molar-refractivity contribution in [3.63, 3.8) is 0 Å². The highest BCUT2D eigenvalue weighted by Gasteiger charge is 2.02. The van der Waals surface area contributed by atoms with Gasteiger partial charge in [-0.2, -0.15) is 0 Å². The molecule has 0 unspecified atom stereocenters. The summed E-state index contributed by atoms with van der Waals surface area (Å²) in [6.45, 7) is 1.64. The Bertz CT molecular complexity index is 371. The molecule has 1 nitrogen and oxygen atoms in total. The van der Waals surface area contributed by atoms with Gasteiger partial charge in [-0.25, -0.2) is 0 Å². The minimum Gasteiger partial charge on any atom is -0.285 e. The van der Waals surface area contributed by atoms with Gasteiger partial charge in [0.25, 0.3) is 0 Å². The summed E-state index contributed by atoms with van der Waals surface area (Å²) in [5.41, 5.74) is 0.830. The predicted octanol–water partition coefficient (Wildman–Crippen LogP) is 2.47. The molecular weight excluding hydrogens is 184 g/mol. The largest absolute Gasteiger partial charge is 0.285 e. The van der Waals surface area contributed by atoms with Crippen molar-refractivity contribution in [3.05, 3.63) is 34.9 Å². The number of hydrogen-bond donors (Lipinski definition) is 0. The van der Waals surface area contributed by atoms with E-state index in [1.165, 1.54) is 0 Å². The summed E-state index contributed by atoms with van der Waals surface area (Å²) in [6.07, 6.45) is 0.292. The Kier molecular flexibility index (Phi) is 3.54. The monoisotopic (exact) mass is 192 g/mol. The minimum absolute atomic E-state index is 0.101. The molecule has 0 spiro atoms. The van der Waals surface area contributed by atoms with Crippen molar-refractivity contribution in [1.29, 1.82) is 0 Å². The zero-order valence-corrected chi connectivity index (χ0v) is 8.06. The Balaban J connectivity index is 2.78. The number of hydrogen-bond acceptors (Lipinski definition) is 1. The normalized spacial score (nSPS) is 8.77. The average molecular weight is 193 g/mol. The Labute approximate surface area is 82.7 Å². The summed E-state index contributed by atoms with van der Waals surface area (Å²) >= 11 is 5.87. The van der Waals surface area contributed by atoms with E-state index in [0.717, 1.165) is 5.56 Å². The van der Waals surface area contributed by atoms with Crippen molar-refractivity contribution in [2.45, 2.75) is 13.3 Å². The molecule has 0 atom stereocenters. The van der Waals surface area contributed by atoms with Crippen LogP contribution in [0.1, 0.15) is 12.5 Å². The zero-order valence-electron chi connectivity index (χ0n) is 7.30. The molecule has 0 fully saturated rings. The number of Topliss-reactive ketones (excluding diaryl/α,β-unsaturated/α-hetero) is 1. The third-order valence-electron chi connectivity index (χ3n) is 1.57. The van der Waals surface area contributed by atoms with E-state index < -0.39 is 0 Å². The van der Waals surface area contributed by atoms with Crippen LogP contribution in [0.3, 0.4) is 0 Å². The van der Waals surface area contributed by atoms with E-state index in [9.17, 15) is 4.79 Å². The number of benzene rings is 1. The maximum atomic E-state index is 11.1. The molecule has 1 aromatic rings. The van der Waals surface area contributed by atoms with Crippen LogP contribution in [0, 0.1) is 11.8 Å². The molecular formula is C11H9ClO. The lowest BCUT2D eigenvalue weighted by atomic mass is 10.1. The minimum atomic E-state index is -0.101. The van der Waals surface area contributed by atoms with Crippen molar-refractivity contribution in [1.82, 2.24) is 0 Å². The predicted molar refractivity (Wildman–Crippen MR) is 53.6 cm³/mol. The van der Waals surface area contributed by atoms with Gasteiger partial charge in [-0.3, -0.25) is 4.79 Å². The highest BCUT2D eigenvalue weighted by molar-refractivity contribution is 6.31. The van der Waals surface area contributed by atoms with Crippen LogP contribution in [0.5, 0.6) is 0 Å². The molecule has 2 heteroatoms. The van der Waals surface area contributed by atoms with Crippen LogP contribution in [0.25, 0.3) is 0 Å². The third-order valence-corrected chi connectivity index (χ3v) is 1.94. The molecule has 66 valence electrons. The second kappa shape index (κ2) is 4.69. The first-order valence-electron chi connectivity index (χ1n) is 3.93. The molecule has 0 N–H and O–H groups in total. The van der Waals surface area contributed by atoms with E-state index in [1.807, 2.05) is 18.2 Å². The van der Waals surface area contributed by atoms with E-state index in [-0.39, 0.29) is 5.78 Å². The van der Waals surface area contributed by atoms with E-state index in [1.54, 1.807) is 13.0 Å². The van der Waals surface area contributed by atoms with Crippen LogP contribution in [-0.2, 0) is 11.2 Å². The lowest BCUT2D eigenvalue weighted by molar-refractivity contribution is -0.113. The SMILES string of the molecule is CC#CC(=O)Cc1ccccc1Cl. The summed E-state index contributed by atoms with van der Waals surface area (Å²) in [5, 5.41) is 0.619. The lowest BCUT2D eigenvalue weighted by Gasteiger charge is -1.98. The van der Waals surface area contributed by atoms with Crippen LogP contribution < -0.4 is 0 Å². The van der Waals surface area contributed by atoms with Crippen LogP contribution in [0.15, 0.2) is 24.3 Å². The van der Waals surface area contributed by atoms with E-state index in [2.05, 4.69) is 11.8 Å². The van der Waals surface area contributed by atoms with Gasteiger partial charge >= 0.3 is 0 Å². The fourth-order valence-electron chi connectivity index (χ4n) is 0.998. The molecule has 0 aliphatic carbocycles. The Morgan fingerprint density at radius 3 is 2.77 bits per heavy atom. The van der Waals surface area contributed by atoms with Crippen LogP contribution in [0.2, 0.25) is 5.02 Å². The quantitative estimate of drug-likeness (QED) is 0.520. The number of carbonyl (C=O) groups excluding carboxylic acids is 1. The zero-order chi connectivity index (χ0) is 9.68. The van der Waals surface area contributed by atoms with Gasteiger partial charge in [-0.05, 0) is 24.5 Å². The molecule has 0 aromatic heterocycles. The summed E-state index contributed by atoms with van der Waals surface area (Å²) in [7, 11) is 0. The number of rotatable bonds is 2. The van der Waals surface area contributed by atoms with Crippen molar-refractivity contribution in [3.8, 4) is 11.8 Å². The van der Waals surface area contributed by atoms with Gasteiger partial charge in [0.15, 0.2) is 0 Å². The number of ketones is 1. The van der Waals surface area contributed by atoms with Crippen molar-refractivity contribution in [2.24, 2.45) is 0 Å². The Morgan fingerprint density at radius 1 is 1.46 bits per heavy atom. The average Bonchev–Trinajstić information content (AvgIpc) is 2.09. The van der Waals surface area contributed by atoms with Crippen molar-refractivity contribution in [2.75, 3.05) is 0 Å². The molecule has 13 heavy (non-hydrogen) atoms. The van der Waals surface area contributed by atoms with Crippen LogP contribution in [-0.4, -0.2) is 5.78 Å². The molecule has 1 aromatic carbocycles. The number of carbonyl (C=O) groups is 1. The van der Waals surface area contributed by atoms with E-state index in [4.69, 9.17) is 11.6 Å². The summed E-state index contributed by atoms with van der Waals surface area (Å²) in [5.74, 6) is 4.94. The topological polar surface area (TPSA) is 17.1 Å². The second-order valence-electron chi connectivity index (χ2n) is 2.57. The molecule has 0 saturated carbocycles. The first-order valence-corrected chi connectivity index (χ1v) is 4.31. The standard InChI is InChI=1S/C11H9ClO/c1-2-5-10(13)8-9-6-3-4-7-11(9)12/h3-4,6-7H,8H2,1H3. The summed E-state index contributed by atoms with van der Waals surface area (Å²) in [4.78, 5) is 11.1. The molecule has 0 saturated heterocycles. The number of halogens is 1. The molecule has 1 rings (SSSR count).